The maximum Gasteiger partial charge on any atom is 0.181 e. The van der Waals surface area contributed by atoms with Crippen molar-refractivity contribution in [3.63, 3.8) is 0 Å². The fraction of sp³-hybridized carbons (Fsp3) is 0.333. The van der Waals surface area contributed by atoms with Crippen LogP contribution in [0.3, 0.4) is 0 Å². The van der Waals surface area contributed by atoms with E-state index in [-0.39, 0.29) is 17.2 Å². The standard InChI is InChI=1S/C15H17NO3/c1-3-4-7-19-12-5-6-13-11(8-12)9-14(18)15(16-13)10(2)17/h5-6,8-9,18H,3-4,7H2,1-2H3. The number of rotatable bonds is 5. The van der Waals surface area contributed by atoms with E-state index in [1.54, 1.807) is 12.1 Å². The maximum absolute atomic E-state index is 11.3. The number of Topliss-reactive ketones (excluding diaryl/α,β-unsaturated/α-hetero) is 1. The summed E-state index contributed by atoms with van der Waals surface area (Å²) in [6.07, 6.45) is 2.09. The van der Waals surface area contributed by atoms with Gasteiger partial charge in [0, 0.05) is 12.3 Å². The number of unbranched alkanes of at least 4 members (excludes halogenated alkanes) is 1. The average Bonchev–Trinajstić information content (AvgIpc) is 2.37. The molecule has 1 heterocycles. The van der Waals surface area contributed by atoms with E-state index in [0.717, 1.165) is 24.0 Å². The number of carbonyl (C=O) groups excluding carboxylic acids is 1. The van der Waals surface area contributed by atoms with Crippen LogP contribution in [0.4, 0.5) is 0 Å². The van der Waals surface area contributed by atoms with Gasteiger partial charge in [-0.05, 0) is 30.7 Å². The van der Waals surface area contributed by atoms with E-state index in [4.69, 9.17) is 4.74 Å². The van der Waals surface area contributed by atoms with Crippen molar-refractivity contribution >= 4 is 16.7 Å². The van der Waals surface area contributed by atoms with Crippen LogP contribution in [-0.4, -0.2) is 22.5 Å². The molecule has 4 nitrogen and oxygen atoms in total. The Morgan fingerprint density at radius 2 is 2.16 bits per heavy atom. The van der Waals surface area contributed by atoms with E-state index in [2.05, 4.69) is 11.9 Å². The summed E-state index contributed by atoms with van der Waals surface area (Å²) in [5, 5.41) is 10.5. The van der Waals surface area contributed by atoms with Crippen molar-refractivity contribution in [2.24, 2.45) is 0 Å². The van der Waals surface area contributed by atoms with E-state index in [1.807, 2.05) is 12.1 Å². The lowest BCUT2D eigenvalue weighted by molar-refractivity contribution is 0.101. The summed E-state index contributed by atoms with van der Waals surface area (Å²) in [4.78, 5) is 15.5. The summed E-state index contributed by atoms with van der Waals surface area (Å²) in [6, 6.07) is 6.99. The van der Waals surface area contributed by atoms with Gasteiger partial charge in [-0.15, -0.1) is 0 Å². The average molecular weight is 259 g/mol. The van der Waals surface area contributed by atoms with Crippen molar-refractivity contribution in [1.29, 1.82) is 0 Å². The lowest BCUT2D eigenvalue weighted by Gasteiger charge is -2.07. The summed E-state index contributed by atoms with van der Waals surface area (Å²) >= 11 is 0. The van der Waals surface area contributed by atoms with Gasteiger partial charge >= 0.3 is 0 Å². The van der Waals surface area contributed by atoms with Crippen LogP contribution < -0.4 is 4.74 Å². The maximum atomic E-state index is 11.3. The van der Waals surface area contributed by atoms with Crippen LogP contribution in [0.5, 0.6) is 11.5 Å². The van der Waals surface area contributed by atoms with Crippen LogP contribution in [0.2, 0.25) is 0 Å². The zero-order valence-electron chi connectivity index (χ0n) is 11.1. The predicted molar refractivity (Wildman–Crippen MR) is 73.8 cm³/mol. The van der Waals surface area contributed by atoms with E-state index >= 15 is 0 Å². The van der Waals surface area contributed by atoms with Crippen molar-refractivity contribution in [1.82, 2.24) is 4.98 Å². The van der Waals surface area contributed by atoms with Crippen LogP contribution >= 0.6 is 0 Å². The highest BCUT2D eigenvalue weighted by Crippen LogP contribution is 2.25. The number of fused-ring (bicyclic) bond motifs is 1. The Hall–Kier alpha value is -2.10. The number of hydrogen-bond acceptors (Lipinski definition) is 4. The molecule has 100 valence electrons. The third-order valence-corrected chi connectivity index (χ3v) is 2.87. The van der Waals surface area contributed by atoms with Gasteiger partial charge in [-0.3, -0.25) is 4.79 Å². The summed E-state index contributed by atoms with van der Waals surface area (Å²) in [5.41, 5.74) is 0.776. The van der Waals surface area contributed by atoms with Crippen molar-refractivity contribution < 1.29 is 14.6 Å². The quantitative estimate of drug-likeness (QED) is 0.661. The molecule has 19 heavy (non-hydrogen) atoms. The van der Waals surface area contributed by atoms with Crippen molar-refractivity contribution in [2.75, 3.05) is 6.61 Å². The van der Waals surface area contributed by atoms with E-state index in [9.17, 15) is 9.90 Å². The minimum absolute atomic E-state index is 0.0919. The van der Waals surface area contributed by atoms with Crippen LogP contribution in [0.1, 0.15) is 37.2 Å². The third kappa shape index (κ3) is 3.02. The number of carbonyl (C=O) groups is 1. The van der Waals surface area contributed by atoms with Crippen LogP contribution in [0.25, 0.3) is 10.9 Å². The molecular formula is C15H17NO3. The Balaban J connectivity index is 2.33. The number of hydrogen-bond donors (Lipinski definition) is 1. The largest absolute Gasteiger partial charge is 0.506 e. The molecule has 0 unspecified atom stereocenters. The molecule has 0 saturated heterocycles. The molecule has 0 amide bonds. The highest BCUT2D eigenvalue weighted by molar-refractivity contribution is 5.97. The molecule has 1 N–H and O–H groups in total. The Morgan fingerprint density at radius 3 is 2.84 bits per heavy atom. The lowest BCUT2D eigenvalue weighted by atomic mass is 10.1. The highest BCUT2D eigenvalue weighted by Gasteiger charge is 2.10. The lowest BCUT2D eigenvalue weighted by Crippen LogP contribution is -1.99. The number of ketones is 1. The van der Waals surface area contributed by atoms with Crippen LogP contribution in [0, 0.1) is 0 Å². The Kier molecular flexibility index (Phi) is 4.00. The predicted octanol–water partition coefficient (Wildman–Crippen LogP) is 3.32. The van der Waals surface area contributed by atoms with Gasteiger partial charge in [0.2, 0.25) is 0 Å². The molecule has 1 aromatic heterocycles. The van der Waals surface area contributed by atoms with Gasteiger partial charge in [0.1, 0.15) is 17.2 Å². The Bertz CT molecular complexity index is 608. The van der Waals surface area contributed by atoms with Crippen molar-refractivity contribution in [3.8, 4) is 11.5 Å². The fourth-order valence-electron chi connectivity index (χ4n) is 1.83. The van der Waals surface area contributed by atoms with E-state index in [1.165, 1.54) is 6.92 Å². The summed E-state index contributed by atoms with van der Waals surface area (Å²) in [6.45, 7) is 4.16. The number of nitrogens with zero attached hydrogens (tertiary/aromatic N) is 1. The molecule has 0 spiro atoms. The first-order chi connectivity index (χ1) is 9.11. The number of aromatic nitrogens is 1. The van der Waals surface area contributed by atoms with Crippen LogP contribution in [-0.2, 0) is 0 Å². The molecule has 0 aliphatic rings. The molecule has 0 bridgehead atoms. The van der Waals surface area contributed by atoms with Gasteiger partial charge in [0.15, 0.2) is 5.78 Å². The zero-order valence-corrected chi connectivity index (χ0v) is 11.1. The molecule has 2 aromatic rings. The monoisotopic (exact) mass is 259 g/mol. The summed E-state index contributed by atoms with van der Waals surface area (Å²) < 4.78 is 5.60. The zero-order chi connectivity index (χ0) is 13.8. The molecule has 1 aromatic carbocycles. The smallest absolute Gasteiger partial charge is 0.181 e. The molecule has 0 radical (unpaired) electrons. The number of benzene rings is 1. The number of pyridine rings is 1. The second-order valence-electron chi connectivity index (χ2n) is 4.47. The minimum Gasteiger partial charge on any atom is -0.506 e. The van der Waals surface area contributed by atoms with Crippen molar-refractivity contribution in [3.05, 3.63) is 30.0 Å². The number of ether oxygens (including phenoxy) is 1. The Morgan fingerprint density at radius 1 is 1.37 bits per heavy atom. The minimum atomic E-state index is -0.248. The van der Waals surface area contributed by atoms with Gasteiger partial charge in [0.05, 0.1) is 12.1 Å². The molecule has 0 fully saturated rings. The molecule has 0 saturated carbocycles. The molecule has 4 heteroatoms. The Labute approximate surface area is 112 Å². The normalized spacial score (nSPS) is 10.6. The number of aromatic hydroxyl groups is 1. The first kappa shape index (κ1) is 13.3. The first-order valence-electron chi connectivity index (χ1n) is 6.39. The van der Waals surface area contributed by atoms with E-state index < -0.39 is 0 Å². The van der Waals surface area contributed by atoms with Gasteiger partial charge in [-0.25, -0.2) is 4.98 Å². The molecule has 0 aliphatic carbocycles. The second kappa shape index (κ2) is 5.69. The van der Waals surface area contributed by atoms with E-state index in [0.29, 0.717) is 12.1 Å². The fourth-order valence-corrected chi connectivity index (χ4v) is 1.83. The summed E-state index contributed by atoms with van der Waals surface area (Å²) in [5.74, 6) is 0.408. The SMILES string of the molecule is CCCCOc1ccc2nc(C(C)=O)c(O)cc2c1. The molecule has 0 aliphatic heterocycles. The van der Waals surface area contributed by atoms with Crippen molar-refractivity contribution in [2.45, 2.75) is 26.7 Å². The molecule has 0 atom stereocenters. The molecule has 2 rings (SSSR count). The summed E-state index contributed by atoms with van der Waals surface area (Å²) in [7, 11) is 0. The van der Waals surface area contributed by atoms with Gasteiger partial charge in [-0.2, -0.15) is 0 Å². The first-order valence-corrected chi connectivity index (χ1v) is 6.39. The van der Waals surface area contributed by atoms with Crippen LogP contribution in [0.15, 0.2) is 24.3 Å². The second-order valence-corrected chi connectivity index (χ2v) is 4.47. The van der Waals surface area contributed by atoms with Gasteiger partial charge < -0.3 is 9.84 Å². The van der Waals surface area contributed by atoms with Gasteiger partial charge in [-0.1, -0.05) is 13.3 Å². The third-order valence-electron chi connectivity index (χ3n) is 2.87. The van der Waals surface area contributed by atoms with Gasteiger partial charge in [0.25, 0.3) is 0 Å². The molecular weight excluding hydrogens is 242 g/mol. The topological polar surface area (TPSA) is 59.4 Å². The highest BCUT2D eigenvalue weighted by atomic mass is 16.5.